The molecule has 8 heteroatoms. The van der Waals surface area contributed by atoms with Gasteiger partial charge in [-0.05, 0) is 25.0 Å². The van der Waals surface area contributed by atoms with E-state index in [1.807, 2.05) is 0 Å². The first-order valence-electron chi connectivity index (χ1n) is 7.57. The summed E-state index contributed by atoms with van der Waals surface area (Å²) in [5.41, 5.74) is 10.8. The third-order valence-corrected chi connectivity index (χ3v) is 3.65. The molecule has 1 saturated heterocycles. The number of carbonyl (C=O) groups is 3. The average Bonchev–Trinajstić information content (AvgIpc) is 2.54. The first-order valence-corrected chi connectivity index (χ1v) is 7.57. The Balaban J connectivity index is 2.06. The van der Waals surface area contributed by atoms with Crippen LogP contribution in [0.2, 0.25) is 0 Å². The van der Waals surface area contributed by atoms with Crippen LogP contribution in [0.15, 0.2) is 35.3 Å². The highest BCUT2D eigenvalue weighted by molar-refractivity contribution is 6.09. The molecule has 8 nitrogen and oxygen atoms in total. The zero-order chi connectivity index (χ0) is 17.7. The van der Waals surface area contributed by atoms with E-state index in [2.05, 4.69) is 4.99 Å². The first kappa shape index (κ1) is 17.5. The standard InChI is InChI=1S/C16H20N4O4/c1-10(21)24-15-12(8-5-9-19-16(17)18)14(23)20(15)13(22)11-6-3-2-4-7-11/h2-4,6-7,12,15H,5,8-9H2,1H3,(H4,17,18,19). The summed E-state index contributed by atoms with van der Waals surface area (Å²) in [5.74, 6) is -1.97. The molecule has 1 heterocycles. The van der Waals surface area contributed by atoms with Crippen LogP contribution in [0.5, 0.6) is 0 Å². The van der Waals surface area contributed by atoms with E-state index in [0.717, 1.165) is 4.90 Å². The highest BCUT2D eigenvalue weighted by Gasteiger charge is 2.52. The molecule has 0 bridgehead atoms. The summed E-state index contributed by atoms with van der Waals surface area (Å²) in [6.07, 6.45) is 0.0767. The number of esters is 1. The highest BCUT2D eigenvalue weighted by atomic mass is 16.6. The number of likely N-dealkylation sites (tertiary alicyclic amines) is 1. The lowest BCUT2D eigenvalue weighted by Gasteiger charge is -2.44. The van der Waals surface area contributed by atoms with Crippen molar-refractivity contribution in [3.8, 4) is 0 Å². The van der Waals surface area contributed by atoms with E-state index in [9.17, 15) is 14.4 Å². The molecule has 24 heavy (non-hydrogen) atoms. The maximum atomic E-state index is 12.5. The number of aliphatic imine (C=N–C) groups is 1. The molecule has 4 N–H and O–H groups in total. The molecule has 1 aliphatic rings. The first-order chi connectivity index (χ1) is 11.4. The predicted octanol–water partition coefficient (Wildman–Crippen LogP) is 0.228. The van der Waals surface area contributed by atoms with Crippen molar-refractivity contribution in [3.63, 3.8) is 0 Å². The Hall–Kier alpha value is -2.90. The topological polar surface area (TPSA) is 128 Å². The number of β-lactam (4-membered cyclic amide) rings is 1. The molecule has 2 unspecified atom stereocenters. The summed E-state index contributed by atoms with van der Waals surface area (Å²) in [4.78, 5) is 40.9. The Morgan fingerprint density at radius 3 is 2.50 bits per heavy atom. The van der Waals surface area contributed by atoms with Crippen molar-refractivity contribution in [2.45, 2.75) is 26.0 Å². The lowest BCUT2D eigenvalue weighted by molar-refractivity contribution is -0.189. The van der Waals surface area contributed by atoms with E-state index < -0.39 is 24.0 Å². The monoisotopic (exact) mass is 332 g/mol. The summed E-state index contributed by atoms with van der Waals surface area (Å²) in [5, 5.41) is 0. The van der Waals surface area contributed by atoms with Gasteiger partial charge in [0.25, 0.3) is 5.91 Å². The fourth-order valence-corrected chi connectivity index (χ4v) is 2.55. The summed E-state index contributed by atoms with van der Waals surface area (Å²) >= 11 is 0. The maximum Gasteiger partial charge on any atom is 0.304 e. The van der Waals surface area contributed by atoms with E-state index >= 15 is 0 Å². The van der Waals surface area contributed by atoms with Crippen LogP contribution in [0.4, 0.5) is 0 Å². The summed E-state index contributed by atoms with van der Waals surface area (Å²) in [6, 6.07) is 8.37. The second-order valence-electron chi connectivity index (χ2n) is 5.43. The van der Waals surface area contributed by atoms with Crippen molar-refractivity contribution in [3.05, 3.63) is 35.9 Å². The average molecular weight is 332 g/mol. The van der Waals surface area contributed by atoms with Crippen LogP contribution in [-0.2, 0) is 14.3 Å². The number of benzene rings is 1. The van der Waals surface area contributed by atoms with Crippen LogP contribution in [0, 0.1) is 5.92 Å². The van der Waals surface area contributed by atoms with E-state index in [-0.39, 0.29) is 11.9 Å². The Bertz CT molecular complexity index is 655. The van der Waals surface area contributed by atoms with Crippen molar-refractivity contribution in [1.82, 2.24) is 4.90 Å². The van der Waals surface area contributed by atoms with Crippen molar-refractivity contribution in [1.29, 1.82) is 0 Å². The molecule has 1 aliphatic heterocycles. The van der Waals surface area contributed by atoms with Gasteiger partial charge in [-0.15, -0.1) is 0 Å². The zero-order valence-corrected chi connectivity index (χ0v) is 13.3. The molecule has 0 aliphatic carbocycles. The van der Waals surface area contributed by atoms with Gasteiger partial charge in [-0.1, -0.05) is 18.2 Å². The minimum Gasteiger partial charge on any atom is -0.440 e. The smallest absolute Gasteiger partial charge is 0.304 e. The number of nitrogens with zero attached hydrogens (tertiary/aromatic N) is 2. The molecule has 2 atom stereocenters. The molecule has 1 fully saturated rings. The third kappa shape index (κ3) is 3.89. The molecule has 0 saturated carbocycles. The van der Waals surface area contributed by atoms with Crippen LogP contribution in [0.1, 0.15) is 30.1 Å². The molecule has 0 radical (unpaired) electrons. The van der Waals surface area contributed by atoms with Crippen LogP contribution in [-0.4, -0.2) is 41.4 Å². The fraction of sp³-hybridized carbons (Fsp3) is 0.375. The van der Waals surface area contributed by atoms with Crippen LogP contribution < -0.4 is 11.5 Å². The third-order valence-electron chi connectivity index (χ3n) is 3.65. The number of amides is 2. The molecule has 2 rings (SSSR count). The van der Waals surface area contributed by atoms with Crippen LogP contribution >= 0.6 is 0 Å². The van der Waals surface area contributed by atoms with Gasteiger partial charge < -0.3 is 16.2 Å². The Morgan fingerprint density at radius 2 is 1.92 bits per heavy atom. The van der Waals surface area contributed by atoms with Gasteiger partial charge >= 0.3 is 5.97 Å². The van der Waals surface area contributed by atoms with Crippen LogP contribution in [0.3, 0.4) is 0 Å². The second kappa shape index (κ2) is 7.58. The molecule has 1 aromatic carbocycles. The Kier molecular flexibility index (Phi) is 5.51. The zero-order valence-electron chi connectivity index (χ0n) is 13.3. The van der Waals surface area contributed by atoms with Crippen molar-refractivity contribution in [2.75, 3.05) is 6.54 Å². The summed E-state index contributed by atoms with van der Waals surface area (Å²) in [6.45, 7) is 1.61. The van der Waals surface area contributed by atoms with Crippen molar-refractivity contribution < 1.29 is 19.1 Å². The Morgan fingerprint density at radius 1 is 1.25 bits per heavy atom. The van der Waals surface area contributed by atoms with Crippen molar-refractivity contribution in [2.24, 2.45) is 22.4 Å². The normalized spacial score (nSPS) is 19.4. The molecule has 1 aromatic rings. The summed E-state index contributed by atoms with van der Waals surface area (Å²) < 4.78 is 5.16. The molecule has 0 spiro atoms. The van der Waals surface area contributed by atoms with E-state index in [1.54, 1.807) is 30.3 Å². The maximum absolute atomic E-state index is 12.5. The number of hydrogen-bond acceptors (Lipinski definition) is 5. The second-order valence-corrected chi connectivity index (χ2v) is 5.43. The lowest BCUT2D eigenvalue weighted by atomic mass is 9.89. The fourth-order valence-electron chi connectivity index (χ4n) is 2.55. The van der Waals surface area contributed by atoms with Gasteiger partial charge in [0.15, 0.2) is 12.2 Å². The van der Waals surface area contributed by atoms with Crippen molar-refractivity contribution >= 4 is 23.7 Å². The van der Waals surface area contributed by atoms with Gasteiger partial charge in [0, 0.05) is 19.0 Å². The van der Waals surface area contributed by atoms with E-state index in [1.165, 1.54) is 6.92 Å². The number of guanidine groups is 1. The SMILES string of the molecule is CC(=O)OC1C(CCCN=C(N)N)C(=O)N1C(=O)c1ccccc1. The molecular weight excluding hydrogens is 312 g/mol. The number of carbonyl (C=O) groups excluding carboxylic acids is 3. The summed E-state index contributed by atoms with van der Waals surface area (Å²) in [7, 11) is 0. The van der Waals surface area contributed by atoms with Gasteiger partial charge in [-0.3, -0.25) is 19.4 Å². The van der Waals surface area contributed by atoms with Crippen LogP contribution in [0.25, 0.3) is 0 Å². The number of rotatable bonds is 6. The van der Waals surface area contributed by atoms with E-state index in [4.69, 9.17) is 16.2 Å². The number of hydrogen-bond donors (Lipinski definition) is 2. The van der Waals surface area contributed by atoms with Gasteiger partial charge in [0.1, 0.15) is 0 Å². The largest absolute Gasteiger partial charge is 0.440 e. The predicted molar refractivity (Wildman–Crippen MR) is 86.6 cm³/mol. The van der Waals surface area contributed by atoms with Gasteiger partial charge in [-0.25, -0.2) is 4.90 Å². The molecule has 0 aromatic heterocycles. The minimum atomic E-state index is -0.887. The van der Waals surface area contributed by atoms with Gasteiger partial charge in [0.05, 0.1) is 5.92 Å². The minimum absolute atomic E-state index is 0.0210. The molecular formula is C16H20N4O4. The number of imide groups is 1. The molecule has 128 valence electrons. The quantitative estimate of drug-likeness (QED) is 0.192. The number of ether oxygens (including phenoxy) is 1. The van der Waals surface area contributed by atoms with Gasteiger partial charge in [-0.2, -0.15) is 0 Å². The van der Waals surface area contributed by atoms with Gasteiger partial charge in [0.2, 0.25) is 5.91 Å². The highest BCUT2D eigenvalue weighted by Crippen LogP contribution is 2.33. The molecule has 2 amide bonds. The number of nitrogens with two attached hydrogens (primary N) is 2. The van der Waals surface area contributed by atoms with E-state index in [0.29, 0.717) is 24.9 Å². The Labute approximate surface area is 139 Å². The lowest BCUT2D eigenvalue weighted by Crippen LogP contribution is -2.64.